The van der Waals surface area contributed by atoms with Gasteiger partial charge in [0.25, 0.3) is 0 Å². The normalized spacial score (nSPS) is 11.5. The molecule has 6 heteroatoms. The van der Waals surface area contributed by atoms with E-state index in [1.807, 2.05) is 0 Å². The van der Waals surface area contributed by atoms with E-state index < -0.39 is 12.0 Å². The van der Waals surface area contributed by atoms with Gasteiger partial charge in [-0.1, -0.05) is 29.8 Å². The Morgan fingerprint density at radius 3 is 2.71 bits per heavy atom. The van der Waals surface area contributed by atoms with Crippen molar-refractivity contribution in [3.8, 4) is 5.75 Å². The number of allylic oxidation sites excluding steroid dienone is 1. The number of halogens is 1. The van der Waals surface area contributed by atoms with Crippen molar-refractivity contribution < 1.29 is 19.4 Å². The quantitative estimate of drug-likeness (QED) is 0.749. The van der Waals surface area contributed by atoms with Crippen LogP contribution >= 0.6 is 11.6 Å². The zero-order chi connectivity index (χ0) is 15.8. The lowest BCUT2D eigenvalue weighted by Gasteiger charge is -2.25. The second-order valence-electron chi connectivity index (χ2n) is 4.43. The molecule has 0 saturated heterocycles. The highest BCUT2D eigenvalue weighted by atomic mass is 35.5. The lowest BCUT2D eigenvalue weighted by molar-refractivity contribution is -0.150. The number of carboxylic acids is 1. The molecule has 1 amide bonds. The summed E-state index contributed by atoms with van der Waals surface area (Å²) in [5.41, 5.74) is 0. The van der Waals surface area contributed by atoms with Crippen LogP contribution < -0.4 is 4.74 Å². The van der Waals surface area contributed by atoms with E-state index in [2.05, 4.69) is 6.58 Å². The summed E-state index contributed by atoms with van der Waals surface area (Å²) in [4.78, 5) is 24.3. The minimum Gasteiger partial charge on any atom is -0.489 e. The standard InChI is InChI=1S/C15H18ClNO4/c1-3-4-9-14(18)17(2)12(15(19)20)10-21-13-8-6-5-7-11(13)16/h3,5-8,12H,1,4,9-10H2,2H3,(H,19,20)/t12-/m0/s1. The first-order valence-electron chi connectivity index (χ1n) is 6.44. The molecule has 0 unspecified atom stereocenters. The fraction of sp³-hybridized carbons (Fsp3) is 0.333. The van der Waals surface area contributed by atoms with Crippen molar-refractivity contribution in [2.45, 2.75) is 18.9 Å². The van der Waals surface area contributed by atoms with Gasteiger partial charge < -0.3 is 14.7 Å². The Kier molecular flexibility index (Phi) is 6.75. The van der Waals surface area contributed by atoms with Crippen LogP contribution in [0.2, 0.25) is 5.02 Å². The average molecular weight is 312 g/mol. The van der Waals surface area contributed by atoms with Crippen molar-refractivity contribution in [3.05, 3.63) is 41.9 Å². The number of nitrogens with zero attached hydrogens (tertiary/aromatic N) is 1. The van der Waals surface area contributed by atoms with Crippen LogP contribution in [0.15, 0.2) is 36.9 Å². The third-order valence-electron chi connectivity index (χ3n) is 2.94. The van der Waals surface area contributed by atoms with E-state index >= 15 is 0 Å². The van der Waals surface area contributed by atoms with Crippen LogP contribution in [0.1, 0.15) is 12.8 Å². The lowest BCUT2D eigenvalue weighted by Crippen LogP contribution is -2.46. The fourth-order valence-electron chi connectivity index (χ4n) is 1.65. The molecule has 114 valence electrons. The molecule has 1 atom stereocenters. The highest BCUT2D eigenvalue weighted by Gasteiger charge is 2.27. The zero-order valence-corrected chi connectivity index (χ0v) is 12.5. The molecule has 0 fully saturated rings. The predicted molar refractivity (Wildman–Crippen MR) is 80.6 cm³/mol. The first kappa shape index (κ1) is 17.0. The maximum Gasteiger partial charge on any atom is 0.330 e. The molecule has 5 nitrogen and oxygen atoms in total. The molecule has 1 aromatic rings. The Hall–Kier alpha value is -2.01. The number of hydrogen-bond acceptors (Lipinski definition) is 3. The fourth-order valence-corrected chi connectivity index (χ4v) is 1.85. The number of amides is 1. The van der Waals surface area contributed by atoms with Crippen molar-refractivity contribution in [1.29, 1.82) is 0 Å². The van der Waals surface area contributed by atoms with E-state index in [-0.39, 0.29) is 18.9 Å². The van der Waals surface area contributed by atoms with E-state index in [1.165, 1.54) is 11.9 Å². The molecule has 1 N–H and O–H groups in total. The number of carbonyl (C=O) groups is 2. The van der Waals surface area contributed by atoms with Gasteiger partial charge in [-0.3, -0.25) is 4.79 Å². The molecule has 0 spiro atoms. The number of aliphatic carboxylic acids is 1. The monoisotopic (exact) mass is 311 g/mol. The van der Waals surface area contributed by atoms with Crippen molar-refractivity contribution >= 4 is 23.5 Å². The van der Waals surface area contributed by atoms with Crippen LogP contribution in [0.5, 0.6) is 5.75 Å². The molecule has 21 heavy (non-hydrogen) atoms. The predicted octanol–water partition coefficient (Wildman–Crippen LogP) is 2.60. The molecule has 0 aromatic heterocycles. The maximum atomic E-state index is 11.9. The van der Waals surface area contributed by atoms with Crippen molar-refractivity contribution in [3.63, 3.8) is 0 Å². The van der Waals surface area contributed by atoms with E-state index in [0.717, 1.165) is 0 Å². The van der Waals surface area contributed by atoms with Crippen LogP contribution in [0.4, 0.5) is 0 Å². The molecule has 0 radical (unpaired) electrons. The van der Waals surface area contributed by atoms with E-state index in [1.54, 1.807) is 30.3 Å². The van der Waals surface area contributed by atoms with Gasteiger partial charge in [0.15, 0.2) is 6.04 Å². The smallest absolute Gasteiger partial charge is 0.330 e. The highest BCUT2D eigenvalue weighted by molar-refractivity contribution is 6.32. The Morgan fingerprint density at radius 1 is 1.48 bits per heavy atom. The number of carbonyl (C=O) groups excluding carboxylic acids is 1. The largest absolute Gasteiger partial charge is 0.489 e. The molecular formula is C15H18ClNO4. The second kappa shape index (κ2) is 8.32. The van der Waals surface area contributed by atoms with Gasteiger partial charge in [-0.15, -0.1) is 6.58 Å². The third kappa shape index (κ3) is 5.11. The van der Waals surface area contributed by atoms with Crippen molar-refractivity contribution in [2.75, 3.05) is 13.7 Å². The minimum atomic E-state index is -1.13. The van der Waals surface area contributed by atoms with Crippen LogP contribution in [-0.2, 0) is 9.59 Å². The molecular weight excluding hydrogens is 294 g/mol. The van der Waals surface area contributed by atoms with Gasteiger partial charge >= 0.3 is 5.97 Å². The average Bonchev–Trinajstić information content (AvgIpc) is 2.46. The molecule has 0 aliphatic carbocycles. The van der Waals surface area contributed by atoms with Gasteiger partial charge in [0, 0.05) is 13.5 Å². The van der Waals surface area contributed by atoms with Crippen LogP contribution in [0.25, 0.3) is 0 Å². The van der Waals surface area contributed by atoms with E-state index in [4.69, 9.17) is 16.3 Å². The van der Waals surface area contributed by atoms with Crippen molar-refractivity contribution in [2.24, 2.45) is 0 Å². The van der Waals surface area contributed by atoms with Gasteiger partial charge in [-0.2, -0.15) is 0 Å². The molecule has 1 rings (SSSR count). The maximum absolute atomic E-state index is 11.9. The van der Waals surface area contributed by atoms with Gasteiger partial charge in [-0.05, 0) is 18.6 Å². The van der Waals surface area contributed by atoms with Gasteiger partial charge in [-0.25, -0.2) is 4.79 Å². The molecule has 1 aromatic carbocycles. The topological polar surface area (TPSA) is 66.8 Å². The SMILES string of the molecule is C=CCCC(=O)N(C)[C@@H](COc1ccccc1Cl)C(=O)O. The number of benzene rings is 1. The van der Waals surface area contributed by atoms with Gasteiger partial charge in [0.05, 0.1) is 5.02 Å². The number of hydrogen-bond donors (Lipinski definition) is 1. The number of para-hydroxylation sites is 1. The third-order valence-corrected chi connectivity index (χ3v) is 3.25. The summed E-state index contributed by atoms with van der Waals surface area (Å²) in [5, 5.41) is 9.63. The Bertz CT molecular complexity index is 518. The number of carboxylic acid groups (broad SMARTS) is 1. The molecule has 0 bridgehead atoms. The highest BCUT2D eigenvalue weighted by Crippen LogP contribution is 2.23. The first-order valence-corrected chi connectivity index (χ1v) is 6.81. The summed E-state index contributed by atoms with van der Waals surface area (Å²) in [6.07, 6.45) is 2.33. The second-order valence-corrected chi connectivity index (χ2v) is 4.83. The molecule has 0 saturated carbocycles. The molecule has 0 heterocycles. The Morgan fingerprint density at radius 2 is 2.14 bits per heavy atom. The Labute approximate surface area is 128 Å². The van der Waals surface area contributed by atoms with Crippen LogP contribution in [-0.4, -0.2) is 41.6 Å². The van der Waals surface area contributed by atoms with E-state index in [9.17, 15) is 14.7 Å². The number of ether oxygens (including phenoxy) is 1. The molecule has 0 aliphatic heterocycles. The van der Waals surface area contributed by atoms with Gasteiger partial charge in [0.1, 0.15) is 12.4 Å². The summed E-state index contributed by atoms with van der Waals surface area (Å²) in [6, 6.07) is 5.69. The Balaban J connectivity index is 2.69. The van der Waals surface area contributed by atoms with Gasteiger partial charge in [0.2, 0.25) is 5.91 Å². The zero-order valence-electron chi connectivity index (χ0n) is 11.8. The summed E-state index contributed by atoms with van der Waals surface area (Å²) in [6.45, 7) is 3.36. The van der Waals surface area contributed by atoms with Crippen LogP contribution in [0.3, 0.4) is 0 Å². The number of likely N-dealkylation sites (N-methyl/N-ethyl adjacent to an activating group) is 1. The summed E-state index contributed by atoms with van der Waals surface area (Å²) >= 11 is 5.93. The minimum absolute atomic E-state index is 0.171. The summed E-state index contributed by atoms with van der Waals surface area (Å²) < 4.78 is 5.41. The van der Waals surface area contributed by atoms with Crippen molar-refractivity contribution in [1.82, 2.24) is 4.90 Å². The molecule has 0 aliphatic rings. The summed E-state index contributed by atoms with van der Waals surface area (Å²) in [7, 11) is 1.44. The van der Waals surface area contributed by atoms with Crippen LogP contribution in [0, 0.1) is 0 Å². The number of rotatable bonds is 8. The summed E-state index contributed by atoms with van der Waals surface area (Å²) in [5.74, 6) is -1.01. The first-order chi connectivity index (χ1) is 9.97. The lowest BCUT2D eigenvalue weighted by atomic mass is 10.2. The van der Waals surface area contributed by atoms with E-state index in [0.29, 0.717) is 17.2 Å².